The van der Waals surface area contributed by atoms with Gasteiger partial charge in [-0.3, -0.25) is 5.10 Å². The summed E-state index contributed by atoms with van der Waals surface area (Å²) < 4.78 is 222. The molecule has 0 aliphatic heterocycles. The van der Waals surface area contributed by atoms with Crippen molar-refractivity contribution >= 4 is 0 Å². The predicted molar refractivity (Wildman–Crippen MR) is 63.0 cm³/mol. The van der Waals surface area contributed by atoms with Crippen molar-refractivity contribution < 1.29 is 74.6 Å². The van der Waals surface area contributed by atoms with Crippen LogP contribution in [-0.2, 0) is 5.92 Å². The topological polar surface area (TPSA) is 28.7 Å². The molecule has 1 aromatic rings. The van der Waals surface area contributed by atoms with E-state index in [0.717, 1.165) is 6.92 Å². The largest absolute Gasteiger partial charge is 0.460 e. The van der Waals surface area contributed by atoms with Gasteiger partial charge in [-0.25, -0.2) is 0 Å². The number of aromatic amines is 1. The zero-order valence-electron chi connectivity index (χ0n) is 13.9. The number of nitrogens with zero attached hydrogens (tertiary/aromatic N) is 1. The van der Waals surface area contributed by atoms with Crippen LogP contribution in [0.5, 0.6) is 0 Å². The molecule has 0 spiro atoms. The molecule has 31 heavy (non-hydrogen) atoms. The molecule has 0 fully saturated rings. The Morgan fingerprint density at radius 3 is 1.16 bits per heavy atom. The maximum absolute atomic E-state index is 13.7. The van der Waals surface area contributed by atoms with Crippen LogP contribution in [0.1, 0.15) is 11.4 Å². The van der Waals surface area contributed by atoms with Gasteiger partial charge in [-0.05, 0) is 13.0 Å². The molecule has 0 radical (unpaired) electrons. The van der Waals surface area contributed by atoms with Crippen molar-refractivity contribution in [3.8, 4) is 0 Å². The first-order valence-corrected chi connectivity index (χ1v) is 6.99. The molecule has 0 aliphatic rings. The molecule has 1 N–H and O–H groups in total. The molecule has 0 aromatic carbocycles. The third-order valence-electron chi connectivity index (χ3n) is 3.75. The lowest BCUT2D eigenvalue weighted by Crippen LogP contribution is -2.74. The lowest BCUT2D eigenvalue weighted by Gasteiger charge is -2.42. The zero-order chi connectivity index (χ0) is 25.3. The second kappa shape index (κ2) is 6.76. The van der Waals surface area contributed by atoms with Gasteiger partial charge in [-0.2, -0.15) is 79.7 Å². The quantitative estimate of drug-likeness (QED) is 0.445. The normalized spacial score (nSPS) is 16.1. The number of halogens is 17. The van der Waals surface area contributed by atoms with Gasteiger partial charge in [-0.15, -0.1) is 0 Å². The molecule has 0 saturated carbocycles. The third-order valence-corrected chi connectivity index (χ3v) is 3.75. The summed E-state index contributed by atoms with van der Waals surface area (Å²) in [4.78, 5) is 0. The second-order valence-corrected chi connectivity index (χ2v) is 5.95. The first-order valence-electron chi connectivity index (χ1n) is 6.99. The van der Waals surface area contributed by atoms with E-state index < -0.39 is 59.0 Å². The summed E-state index contributed by atoms with van der Waals surface area (Å²) >= 11 is 0. The molecule has 2 nitrogen and oxygen atoms in total. The summed E-state index contributed by atoms with van der Waals surface area (Å²) in [6, 6.07) is -0.188. The van der Waals surface area contributed by atoms with Crippen LogP contribution in [0.4, 0.5) is 74.6 Å². The number of rotatable bonds is 7. The number of H-pyrrole nitrogens is 1. The highest BCUT2D eigenvalue weighted by Gasteiger charge is 2.95. The molecule has 0 bridgehead atoms. The third kappa shape index (κ3) is 3.28. The van der Waals surface area contributed by atoms with Gasteiger partial charge in [0.2, 0.25) is 0 Å². The van der Waals surface area contributed by atoms with Crippen molar-refractivity contribution in [2.24, 2.45) is 0 Å². The zero-order valence-corrected chi connectivity index (χ0v) is 13.9. The Morgan fingerprint density at radius 2 is 0.871 bits per heavy atom. The molecular weight excluding hydrogens is 495 g/mol. The minimum absolute atomic E-state index is 0.188. The van der Waals surface area contributed by atoms with Crippen LogP contribution in [0.25, 0.3) is 0 Å². The SMILES string of the molecule is Cc1cc(C(F)(F)C(F)(F)C(F)(F)C(F)(F)C(F)(F)C(F)(F)C(F)(F)C(F)(F)F)n[nH]1. The number of hydrogen-bond donors (Lipinski definition) is 1. The van der Waals surface area contributed by atoms with Crippen molar-refractivity contribution in [2.75, 3.05) is 0 Å². The van der Waals surface area contributed by atoms with E-state index >= 15 is 0 Å². The molecule has 0 saturated heterocycles. The van der Waals surface area contributed by atoms with Gasteiger partial charge >= 0.3 is 47.6 Å². The molecule has 1 rings (SSSR count). The summed E-state index contributed by atoms with van der Waals surface area (Å²) in [5, 5.41) is 3.73. The lowest BCUT2D eigenvalue weighted by molar-refractivity contribution is -0.462. The summed E-state index contributed by atoms with van der Waals surface area (Å²) in [7, 11) is 0. The number of nitrogens with one attached hydrogen (secondary N) is 1. The summed E-state index contributed by atoms with van der Waals surface area (Å²) in [5.74, 6) is -56.6. The standard InChI is InChI=1S/C12H5F17N2/c1-3-2-4(31-30-3)5(13,14)6(15,16)7(17,18)8(19,20)9(21,22)10(23,24)11(25,26)12(27,28)29/h2H,1H3,(H,30,31). The summed E-state index contributed by atoms with van der Waals surface area (Å²) in [6.07, 6.45) is -7.77. The Morgan fingerprint density at radius 1 is 0.548 bits per heavy atom. The maximum atomic E-state index is 13.7. The monoisotopic (exact) mass is 500 g/mol. The van der Waals surface area contributed by atoms with Crippen LogP contribution in [0.3, 0.4) is 0 Å². The van der Waals surface area contributed by atoms with E-state index in [4.69, 9.17) is 0 Å². The summed E-state index contributed by atoms with van der Waals surface area (Å²) in [6.45, 7) is 0.769. The number of aromatic nitrogens is 2. The minimum Gasteiger partial charge on any atom is -0.282 e. The Bertz CT molecular complexity index is 802. The molecule has 19 heteroatoms. The highest BCUT2D eigenvalue weighted by atomic mass is 19.4. The molecular formula is C12H5F17N2. The van der Waals surface area contributed by atoms with Gasteiger partial charge in [-0.1, -0.05) is 0 Å². The maximum Gasteiger partial charge on any atom is 0.460 e. The Labute approximate surface area is 158 Å². The van der Waals surface area contributed by atoms with Gasteiger partial charge in [0.15, 0.2) is 0 Å². The first-order chi connectivity index (χ1) is 13.2. The van der Waals surface area contributed by atoms with Crippen LogP contribution in [0, 0.1) is 6.92 Å². The molecule has 0 atom stereocenters. The van der Waals surface area contributed by atoms with Gasteiger partial charge < -0.3 is 0 Å². The van der Waals surface area contributed by atoms with Crippen molar-refractivity contribution in [1.82, 2.24) is 10.2 Å². The van der Waals surface area contributed by atoms with Crippen molar-refractivity contribution in [1.29, 1.82) is 0 Å². The lowest BCUT2D eigenvalue weighted by atomic mass is 9.88. The Kier molecular flexibility index (Phi) is 5.90. The molecule has 182 valence electrons. The number of hydrogen-bond acceptors (Lipinski definition) is 1. The van der Waals surface area contributed by atoms with Crippen LogP contribution in [0.2, 0.25) is 0 Å². The van der Waals surface area contributed by atoms with E-state index in [1.54, 1.807) is 0 Å². The van der Waals surface area contributed by atoms with Gasteiger partial charge in [0.1, 0.15) is 5.69 Å². The van der Waals surface area contributed by atoms with E-state index in [-0.39, 0.29) is 6.07 Å². The highest BCUT2D eigenvalue weighted by Crippen LogP contribution is 2.64. The fraction of sp³-hybridized carbons (Fsp3) is 0.750. The Balaban J connectivity index is 3.69. The van der Waals surface area contributed by atoms with Gasteiger partial charge in [0, 0.05) is 5.69 Å². The van der Waals surface area contributed by atoms with Crippen molar-refractivity contribution in [3.05, 3.63) is 17.5 Å². The molecule has 0 unspecified atom stereocenters. The number of alkyl halides is 17. The van der Waals surface area contributed by atoms with E-state index in [0.29, 0.717) is 0 Å². The smallest absolute Gasteiger partial charge is 0.282 e. The average molecular weight is 500 g/mol. The second-order valence-electron chi connectivity index (χ2n) is 5.95. The average Bonchev–Trinajstić information content (AvgIpc) is 2.99. The Hall–Kier alpha value is -1.98. The fourth-order valence-electron chi connectivity index (χ4n) is 1.90. The first kappa shape index (κ1) is 27.1. The van der Waals surface area contributed by atoms with E-state index in [2.05, 4.69) is 5.10 Å². The highest BCUT2D eigenvalue weighted by molar-refractivity contribution is 5.21. The minimum atomic E-state index is -8.64. The van der Waals surface area contributed by atoms with Gasteiger partial charge in [0.05, 0.1) is 0 Å². The number of aryl methyl sites for hydroxylation is 1. The van der Waals surface area contributed by atoms with Gasteiger partial charge in [0.25, 0.3) is 0 Å². The molecule has 1 aromatic heterocycles. The summed E-state index contributed by atoms with van der Waals surface area (Å²) in [5.41, 5.74) is -3.11. The predicted octanol–water partition coefficient (Wildman–Crippen LogP) is 6.18. The molecule has 0 amide bonds. The van der Waals surface area contributed by atoms with Crippen LogP contribution >= 0.6 is 0 Å². The van der Waals surface area contributed by atoms with E-state index in [1.807, 2.05) is 0 Å². The molecule has 1 heterocycles. The van der Waals surface area contributed by atoms with Crippen LogP contribution in [0.15, 0.2) is 6.07 Å². The van der Waals surface area contributed by atoms with Crippen molar-refractivity contribution in [3.63, 3.8) is 0 Å². The van der Waals surface area contributed by atoms with Crippen molar-refractivity contribution in [2.45, 2.75) is 54.6 Å². The van der Waals surface area contributed by atoms with Crippen LogP contribution < -0.4 is 0 Å². The van der Waals surface area contributed by atoms with E-state index in [9.17, 15) is 74.6 Å². The fourth-order valence-corrected chi connectivity index (χ4v) is 1.90. The molecule has 0 aliphatic carbocycles. The van der Waals surface area contributed by atoms with Crippen LogP contribution in [-0.4, -0.2) is 51.9 Å². The van der Waals surface area contributed by atoms with E-state index in [1.165, 1.54) is 5.10 Å².